The van der Waals surface area contributed by atoms with Crippen molar-refractivity contribution in [1.82, 2.24) is 0 Å². The molecule has 26 heavy (non-hydrogen) atoms. The molecular weight excluding hydrogens is 394 g/mol. The van der Waals surface area contributed by atoms with E-state index < -0.39 is 0 Å². The molecule has 0 aromatic heterocycles. The summed E-state index contributed by atoms with van der Waals surface area (Å²) in [5.41, 5.74) is 2.02. The lowest BCUT2D eigenvalue weighted by molar-refractivity contribution is 0.0978. The van der Waals surface area contributed by atoms with Crippen LogP contribution in [0, 0.1) is 0 Å². The molecule has 4 rings (SSSR count). The van der Waals surface area contributed by atoms with Crippen LogP contribution < -0.4 is 5.32 Å². The van der Waals surface area contributed by atoms with Crippen molar-refractivity contribution >= 4 is 39.1 Å². The Bertz CT molecular complexity index is 1070. The molecule has 0 radical (unpaired) electrons. The Morgan fingerprint density at radius 3 is 2.08 bits per heavy atom. The van der Waals surface area contributed by atoms with Gasteiger partial charge in [0, 0.05) is 26.7 Å². The lowest BCUT2D eigenvalue weighted by Gasteiger charge is -2.21. The Balaban J connectivity index is 1.83. The fourth-order valence-corrected chi connectivity index (χ4v) is 3.53. The minimum atomic E-state index is -0.343. The first kappa shape index (κ1) is 16.4. The zero-order chi connectivity index (χ0) is 18.3. The van der Waals surface area contributed by atoms with Crippen molar-refractivity contribution in [3.63, 3.8) is 0 Å². The van der Waals surface area contributed by atoms with Crippen molar-refractivity contribution in [2.24, 2.45) is 0 Å². The maximum absolute atomic E-state index is 13.0. The Morgan fingerprint density at radius 1 is 0.769 bits per heavy atom. The van der Waals surface area contributed by atoms with Gasteiger partial charge in [-0.3, -0.25) is 14.4 Å². The average Bonchev–Trinajstić information content (AvgIpc) is 2.66. The van der Waals surface area contributed by atoms with Crippen molar-refractivity contribution in [2.45, 2.75) is 0 Å². The van der Waals surface area contributed by atoms with Crippen molar-refractivity contribution in [2.75, 3.05) is 5.32 Å². The van der Waals surface area contributed by atoms with Crippen LogP contribution in [0.25, 0.3) is 0 Å². The van der Waals surface area contributed by atoms with E-state index in [1.165, 1.54) is 0 Å². The number of nitrogens with one attached hydrogen (secondary N) is 1. The van der Waals surface area contributed by atoms with E-state index in [9.17, 15) is 14.4 Å². The first-order chi connectivity index (χ1) is 12.6. The maximum atomic E-state index is 13.0. The number of amides is 1. The third-order valence-corrected chi connectivity index (χ3v) is 4.73. The van der Waals surface area contributed by atoms with E-state index in [-0.39, 0.29) is 28.6 Å². The first-order valence-corrected chi connectivity index (χ1v) is 8.74. The molecule has 1 aliphatic rings. The zero-order valence-electron chi connectivity index (χ0n) is 13.5. The lowest BCUT2D eigenvalue weighted by atomic mass is 9.83. The molecule has 0 unspecified atom stereocenters. The van der Waals surface area contributed by atoms with Gasteiger partial charge in [-0.15, -0.1) is 0 Å². The Hall–Kier alpha value is -3.05. The van der Waals surface area contributed by atoms with E-state index in [0.29, 0.717) is 26.9 Å². The maximum Gasteiger partial charge on any atom is 0.255 e. The molecule has 0 spiro atoms. The quantitative estimate of drug-likeness (QED) is 0.534. The summed E-state index contributed by atoms with van der Waals surface area (Å²) in [6.07, 6.45) is 0. The highest BCUT2D eigenvalue weighted by atomic mass is 79.9. The molecule has 126 valence electrons. The Kier molecular flexibility index (Phi) is 4.01. The highest BCUT2D eigenvalue weighted by Crippen LogP contribution is 2.34. The Morgan fingerprint density at radius 2 is 1.38 bits per heavy atom. The molecule has 0 atom stereocenters. The number of hydrogen-bond donors (Lipinski definition) is 1. The van der Waals surface area contributed by atoms with Crippen LogP contribution in [0.15, 0.2) is 71.2 Å². The number of halogens is 1. The van der Waals surface area contributed by atoms with Gasteiger partial charge in [0.2, 0.25) is 0 Å². The summed E-state index contributed by atoms with van der Waals surface area (Å²) in [5.74, 6) is -0.845. The van der Waals surface area contributed by atoms with E-state index in [4.69, 9.17) is 0 Å². The van der Waals surface area contributed by atoms with Crippen LogP contribution >= 0.6 is 15.9 Å². The summed E-state index contributed by atoms with van der Waals surface area (Å²) in [6.45, 7) is 0. The molecule has 0 bridgehead atoms. The third kappa shape index (κ3) is 2.66. The summed E-state index contributed by atoms with van der Waals surface area (Å²) in [5, 5.41) is 2.77. The van der Waals surface area contributed by atoms with Gasteiger partial charge in [0.05, 0.1) is 11.3 Å². The van der Waals surface area contributed by atoms with Crippen LogP contribution in [0.3, 0.4) is 0 Å². The zero-order valence-corrected chi connectivity index (χ0v) is 15.0. The number of hydrogen-bond acceptors (Lipinski definition) is 3. The molecule has 0 fully saturated rings. The number of anilines is 1. The highest BCUT2D eigenvalue weighted by molar-refractivity contribution is 9.10. The van der Waals surface area contributed by atoms with Crippen LogP contribution in [0.4, 0.5) is 5.69 Å². The molecule has 0 heterocycles. The average molecular weight is 406 g/mol. The van der Waals surface area contributed by atoms with Gasteiger partial charge < -0.3 is 5.32 Å². The molecule has 3 aromatic rings. The van der Waals surface area contributed by atoms with Crippen LogP contribution in [0.5, 0.6) is 0 Å². The molecule has 5 heteroatoms. The van der Waals surface area contributed by atoms with Crippen LogP contribution in [0.2, 0.25) is 0 Å². The molecule has 1 N–H and O–H groups in total. The number of ketones is 2. The highest BCUT2D eigenvalue weighted by Gasteiger charge is 2.32. The van der Waals surface area contributed by atoms with Gasteiger partial charge in [0.1, 0.15) is 0 Å². The molecule has 0 aliphatic heterocycles. The summed E-state index contributed by atoms with van der Waals surface area (Å²) >= 11 is 3.36. The monoisotopic (exact) mass is 405 g/mol. The third-order valence-electron chi connectivity index (χ3n) is 4.28. The number of carbonyl (C=O) groups is 3. The fourth-order valence-electron chi connectivity index (χ4n) is 3.07. The fraction of sp³-hybridized carbons (Fsp3) is 0. The van der Waals surface area contributed by atoms with Gasteiger partial charge in [-0.25, -0.2) is 0 Å². The minimum Gasteiger partial charge on any atom is -0.321 e. The standard InChI is InChI=1S/C21H12BrNO3/c22-13-10-16-18(20(25)15-9-5-4-8-14(15)19(16)24)17(11-13)23-21(26)12-6-2-1-3-7-12/h1-11H,(H,23,26). The predicted molar refractivity (Wildman–Crippen MR) is 102 cm³/mol. The molecule has 1 amide bonds. The van der Waals surface area contributed by atoms with E-state index in [1.54, 1.807) is 60.7 Å². The summed E-state index contributed by atoms with van der Waals surface area (Å²) in [4.78, 5) is 38.3. The van der Waals surface area contributed by atoms with E-state index in [1.807, 2.05) is 6.07 Å². The van der Waals surface area contributed by atoms with Crippen molar-refractivity contribution < 1.29 is 14.4 Å². The van der Waals surface area contributed by atoms with E-state index >= 15 is 0 Å². The second kappa shape index (κ2) is 6.35. The summed E-state index contributed by atoms with van der Waals surface area (Å²) in [7, 11) is 0. The van der Waals surface area contributed by atoms with Gasteiger partial charge in [-0.1, -0.05) is 58.4 Å². The van der Waals surface area contributed by atoms with Crippen molar-refractivity contribution in [3.8, 4) is 0 Å². The van der Waals surface area contributed by atoms with Crippen LogP contribution in [-0.4, -0.2) is 17.5 Å². The van der Waals surface area contributed by atoms with Crippen LogP contribution in [0.1, 0.15) is 42.2 Å². The van der Waals surface area contributed by atoms with Crippen molar-refractivity contribution in [3.05, 3.63) is 99.0 Å². The molecule has 3 aromatic carbocycles. The SMILES string of the molecule is O=C(Nc1cc(Br)cc2c1C(=O)c1ccccc1C2=O)c1ccccc1. The van der Waals surface area contributed by atoms with Gasteiger partial charge >= 0.3 is 0 Å². The number of carbonyl (C=O) groups excluding carboxylic acids is 3. The van der Waals surface area contributed by atoms with Gasteiger partial charge in [0.15, 0.2) is 11.6 Å². The van der Waals surface area contributed by atoms with Gasteiger partial charge in [-0.05, 0) is 24.3 Å². The van der Waals surface area contributed by atoms with Gasteiger partial charge in [-0.2, -0.15) is 0 Å². The first-order valence-electron chi connectivity index (χ1n) is 7.94. The molecule has 4 nitrogen and oxygen atoms in total. The smallest absolute Gasteiger partial charge is 0.255 e. The topological polar surface area (TPSA) is 63.2 Å². The van der Waals surface area contributed by atoms with Crippen molar-refractivity contribution in [1.29, 1.82) is 0 Å². The second-order valence-electron chi connectivity index (χ2n) is 5.90. The molecule has 0 saturated heterocycles. The molecule has 0 saturated carbocycles. The summed E-state index contributed by atoms with van der Waals surface area (Å²) in [6, 6.07) is 18.7. The molecular formula is C21H12BrNO3. The van der Waals surface area contributed by atoms with E-state index in [2.05, 4.69) is 21.2 Å². The summed E-state index contributed by atoms with van der Waals surface area (Å²) < 4.78 is 0.611. The predicted octanol–water partition coefficient (Wildman–Crippen LogP) is 4.48. The normalized spacial score (nSPS) is 12.3. The largest absolute Gasteiger partial charge is 0.321 e. The molecule has 1 aliphatic carbocycles. The number of fused-ring (bicyclic) bond motifs is 2. The van der Waals surface area contributed by atoms with Crippen LogP contribution in [-0.2, 0) is 0 Å². The second-order valence-corrected chi connectivity index (χ2v) is 6.82. The van der Waals surface area contributed by atoms with Gasteiger partial charge in [0.25, 0.3) is 5.91 Å². The Labute approximate surface area is 158 Å². The minimum absolute atomic E-state index is 0.223. The lowest BCUT2D eigenvalue weighted by Crippen LogP contribution is -2.24. The van der Waals surface area contributed by atoms with E-state index in [0.717, 1.165) is 0 Å². The number of benzene rings is 3. The number of rotatable bonds is 2.